The van der Waals surface area contributed by atoms with Gasteiger partial charge < -0.3 is 10.2 Å². The van der Waals surface area contributed by atoms with Gasteiger partial charge in [-0.2, -0.15) is 0 Å². The van der Waals surface area contributed by atoms with Crippen molar-refractivity contribution in [2.45, 2.75) is 38.8 Å². The number of nitrogens with one attached hydrogen (secondary N) is 1. The van der Waals surface area contributed by atoms with Crippen molar-refractivity contribution in [3.05, 3.63) is 33.3 Å². The highest BCUT2D eigenvalue weighted by atomic mass is 79.9. The van der Waals surface area contributed by atoms with Gasteiger partial charge in [-0.1, -0.05) is 11.6 Å². The second kappa shape index (κ2) is 6.92. The second-order valence-corrected chi connectivity index (χ2v) is 6.76. The van der Waals surface area contributed by atoms with E-state index in [-0.39, 0.29) is 11.9 Å². The monoisotopic (exact) mass is 358 g/mol. The number of rotatable bonds is 4. The van der Waals surface area contributed by atoms with E-state index in [1.165, 1.54) is 6.42 Å². The SMILES string of the molecule is CC(C)N(CC1CCCN1)C(=O)c1cc(Cl)ccc1Br. The van der Waals surface area contributed by atoms with Crippen LogP contribution in [0, 0.1) is 0 Å². The van der Waals surface area contributed by atoms with Gasteiger partial charge in [-0.25, -0.2) is 0 Å². The van der Waals surface area contributed by atoms with E-state index in [2.05, 4.69) is 21.2 Å². The fraction of sp³-hybridized carbons (Fsp3) is 0.533. The molecular formula is C15H20BrClN2O. The third-order valence-corrected chi connectivity index (χ3v) is 4.55. The highest BCUT2D eigenvalue weighted by Gasteiger charge is 2.25. The highest BCUT2D eigenvalue weighted by molar-refractivity contribution is 9.10. The molecule has 0 saturated carbocycles. The van der Waals surface area contributed by atoms with Gasteiger partial charge in [0, 0.05) is 28.1 Å². The van der Waals surface area contributed by atoms with Crippen LogP contribution in [-0.4, -0.2) is 36.0 Å². The Kier molecular flexibility index (Phi) is 5.47. The lowest BCUT2D eigenvalue weighted by Gasteiger charge is -2.30. The molecule has 1 aliphatic heterocycles. The summed E-state index contributed by atoms with van der Waals surface area (Å²) in [6.07, 6.45) is 2.32. The van der Waals surface area contributed by atoms with E-state index in [9.17, 15) is 4.79 Å². The van der Waals surface area contributed by atoms with Gasteiger partial charge in [0.2, 0.25) is 0 Å². The lowest BCUT2D eigenvalue weighted by atomic mass is 10.1. The highest BCUT2D eigenvalue weighted by Crippen LogP contribution is 2.24. The summed E-state index contributed by atoms with van der Waals surface area (Å²) in [6.45, 7) is 5.89. The summed E-state index contributed by atoms with van der Waals surface area (Å²) in [5, 5.41) is 4.03. The summed E-state index contributed by atoms with van der Waals surface area (Å²) >= 11 is 9.45. The summed E-state index contributed by atoms with van der Waals surface area (Å²) in [5.41, 5.74) is 0.629. The van der Waals surface area contributed by atoms with Crippen molar-refractivity contribution in [2.24, 2.45) is 0 Å². The van der Waals surface area contributed by atoms with Gasteiger partial charge >= 0.3 is 0 Å². The van der Waals surface area contributed by atoms with Crippen molar-refractivity contribution in [1.29, 1.82) is 0 Å². The van der Waals surface area contributed by atoms with E-state index in [4.69, 9.17) is 11.6 Å². The molecule has 3 nitrogen and oxygen atoms in total. The van der Waals surface area contributed by atoms with Gasteiger partial charge in [0.1, 0.15) is 0 Å². The molecular weight excluding hydrogens is 340 g/mol. The molecule has 1 saturated heterocycles. The Balaban J connectivity index is 2.19. The number of benzene rings is 1. The molecule has 1 heterocycles. The van der Waals surface area contributed by atoms with Gasteiger partial charge in [0.05, 0.1) is 5.56 Å². The van der Waals surface area contributed by atoms with E-state index in [0.717, 1.165) is 24.0 Å². The van der Waals surface area contributed by atoms with Crippen molar-refractivity contribution < 1.29 is 4.79 Å². The van der Waals surface area contributed by atoms with Gasteiger partial charge in [0.25, 0.3) is 5.91 Å². The molecule has 1 amide bonds. The Morgan fingerprint density at radius 3 is 2.90 bits per heavy atom. The standard InChI is InChI=1S/C15H20BrClN2O/c1-10(2)19(9-12-4-3-7-18-12)15(20)13-8-11(17)5-6-14(13)16/h5-6,8,10,12,18H,3-4,7,9H2,1-2H3. The van der Waals surface area contributed by atoms with Crippen molar-refractivity contribution in [1.82, 2.24) is 10.2 Å². The zero-order valence-electron chi connectivity index (χ0n) is 11.8. The van der Waals surface area contributed by atoms with Gasteiger partial charge in [0.15, 0.2) is 0 Å². The van der Waals surface area contributed by atoms with Crippen LogP contribution in [0.5, 0.6) is 0 Å². The third-order valence-electron chi connectivity index (χ3n) is 3.62. The maximum Gasteiger partial charge on any atom is 0.255 e. The number of hydrogen-bond acceptors (Lipinski definition) is 2. The molecule has 20 heavy (non-hydrogen) atoms. The molecule has 0 spiro atoms. The molecule has 0 radical (unpaired) electrons. The third kappa shape index (κ3) is 3.74. The molecule has 0 aliphatic carbocycles. The molecule has 5 heteroatoms. The Hall–Kier alpha value is -0.580. The van der Waals surface area contributed by atoms with Gasteiger partial charge in [-0.15, -0.1) is 0 Å². The average molecular weight is 360 g/mol. The summed E-state index contributed by atoms with van der Waals surface area (Å²) < 4.78 is 0.789. The normalized spacial score (nSPS) is 18.6. The molecule has 110 valence electrons. The number of halogens is 2. The first-order valence-electron chi connectivity index (χ1n) is 6.98. The maximum absolute atomic E-state index is 12.8. The first-order chi connectivity index (χ1) is 9.49. The zero-order chi connectivity index (χ0) is 14.7. The summed E-state index contributed by atoms with van der Waals surface area (Å²) in [6, 6.07) is 5.89. The quantitative estimate of drug-likeness (QED) is 0.889. The van der Waals surface area contributed by atoms with Crippen LogP contribution in [0.3, 0.4) is 0 Å². The summed E-state index contributed by atoms with van der Waals surface area (Å²) in [7, 11) is 0. The van der Waals surface area contributed by atoms with E-state index in [1.54, 1.807) is 12.1 Å². The van der Waals surface area contributed by atoms with Crippen LogP contribution in [-0.2, 0) is 0 Å². The molecule has 1 aromatic rings. The number of carbonyl (C=O) groups is 1. The lowest BCUT2D eigenvalue weighted by molar-refractivity contribution is 0.0688. The Morgan fingerprint density at radius 1 is 1.55 bits per heavy atom. The molecule has 0 aromatic heterocycles. The van der Waals surface area contributed by atoms with Crippen LogP contribution in [0.2, 0.25) is 5.02 Å². The second-order valence-electron chi connectivity index (χ2n) is 5.47. The molecule has 1 atom stereocenters. The largest absolute Gasteiger partial charge is 0.335 e. The van der Waals surface area contributed by atoms with Crippen molar-refractivity contribution >= 4 is 33.4 Å². The maximum atomic E-state index is 12.8. The number of carbonyl (C=O) groups excluding carboxylic acids is 1. The Morgan fingerprint density at radius 2 is 2.30 bits per heavy atom. The van der Waals surface area contributed by atoms with E-state index < -0.39 is 0 Å². The van der Waals surface area contributed by atoms with E-state index in [0.29, 0.717) is 16.6 Å². The molecule has 1 N–H and O–H groups in total. The van der Waals surface area contributed by atoms with Crippen LogP contribution < -0.4 is 5.32 Å². The summed E-state index contributed by atoms with van der Waals surface area (Å²) in [5.74, 6) is 0.0306. The van der Waals surface area contributed by atoms with Crippen LogP contribution in [0.1, 0.15) is 37.0 Å². The van der Waals surface area contributed by atoms with Gasteiger partial charge in [-0.3, -0.25) is 4.79 Å². The fourth-order valence-corrected chi connectivity index (χ4v) is 3.08. The van der Waals surface area contributed by atoms with Gasteiger partial charge in [-0.05, 0) is 67.4 Å². The van der Waals surface area contributed by atoms with E-state index in [1.807, 2.05) is 24.8 Å². The van der Waals surface area contributed by atoms with Crippen molar-refractivity contribution in [3.8, 4) is 0 Å². The first kappa shape index (κ1) is 15.8. The van der Waals surface area contributed by atoms with Crippen LogP contribution in [0.25, 0.3) is 0 Å². The van der Waals surface area contributed by atoms with Crippen LogP contribution in [0.4, 0.5) is 0 Å². The minimum atomic E-state index is 0.0306. The van der Waals surface area contributed by atoms with E-state index >= 15 is 0 Å². The molecule has 1 fully saturated rings. The van der Waals surface area contributed by atoms with Crippen LogP contribution in [0.15, 0.2) is 22.7 Å². The summed E-state index contributed by atoms with van der Waals surface area (Å²) in [4.78, 5) is 14.7. The van der Waals surface area contributed by atoms with Crippen molar-refractivity contribution in [2.75, 3.05) is 13.1 Å². The number of hydrogen-bond donors (Lipinski definition) is 1. The first-order valence-corrected chi connectivity index (χ1v) is 8.15. The lowest BCUT2D eigenvalue weighted by Crippen LogP contribution is -2.44. The fourth-order valence-electron chi connectivity index (χ4n) is 2.49. The Bertz CT molecular complexity index is 487. The van der Waals surface area contributed by atoms with Crippen molar-refractivity contribution in [3.63, 3.8) is 0 Å². The van der Waals surface area contributed by atoms with Crippen LogP contribution >= 0.6 is 27.5 Å². The topological polar surface area (TPSA) is 32.3 Å². The zero-order valence-corrected chi connectivity index (χ0v) is 14.2. The minimum Gasteiger partial charge on any atom is -0.335 e. The predicted octanol–water partition coefficient (Wildman–Crippen LogP) is 3.71. The Labute approximate surface area is 133 Å². The molecule has 1 aromatic carbocycles. The molecule has 2 rings (SSSR count). The number of nitrogens with zero attached hydrogens (tertiary/aromatic N) is 1. The average Bonchev–Trinajstić information content (AvgIpc) is 2.90. The molecule has 1 unspecified atom stereocenters. The number of amides is 1. The predicted molar refractivity (Wildman–Crippen MR) is 86.3 cm³/mol. The smallest absolute Gasteiger partial charge is 0.255 e. The minimum absolute atomic E-state index is 0.0306. The molecule has 0 bridgehead atoms. The molecule has 1 aliphatic rings.